The van der Waals surface area contributed by atoms with Crippen molar-refractivity contribution in [3.8, 4) is 0 Å². The molecule has 1 aromatic carbocycles. The monoisotopic (exact) mass is 730 g/mol. The minimum atomic E-state index is -1.42. The highest BCUT2D eigenvalue weighted by Crippen LogP contribution is 2.39. The van der Waals surface area contributed by atoms with Crippen LogP contribution in [0.4, 0.5) is 0 Å². The number of rotatable bonds is 11. The summed E-state index contributed by atoms with van der Waals surface area (Å²) < 4.78 is 25.5. The normalized spacial score (nSPS) is 34.3. The summed E-state index contributed by atoms with van der Waals surface area (Å²) in [6.45, 7) is 21.4. The zero-order chi connectivity index (χ0) is 38.4. The lowest BCUT2D eigenvalue weighted by Crippen LogP contribution is -2.57. The highest BCUT2D eigenvalue weighted by Gasteiger charge is 2.51. The minimum Gasteiger partial charge on any atom is -0.463 e. The molecule has 1 aromatic rings. The van der Waals surface area contributed by atoms with Crippen molar-refractivity contribution in [1.29, 1.82) is 0 Å². The van der Waals surface area contributed by atoms with Crippen molar-refractivity contribution in [2.24, 2.45) is 29.1 Å². The first kappa shape index (κ1) is 42.8. The van der Waals surface area contributed by atoms with E-state index >= 15 is 0 Å². The first-order chi connectivity index (χ1) is 24.4. The molecule has 3 aliphatic heterocycles. The maximum Gasteiger partial charge on any atom is 0.319 e. The number of nitrogens with zero attached hydrogens (tertiary/aromatic N) is 3. The van der Waals surface area contributed by atoms with E-state index in [4.69, 9.17) is 18.9 Å². The van der Waals surface area contributed by atoms with Crippen molar-refractivity contribution < 1.29 is 33.6 Å². The van der Waals surface area contributed by atoms with Gasteiger partial charge in [0.05, 0.1) is 17.8 Å². The van der Waals surface area contributed by atoms with E-state index in [1.54, 1.807) is 21.0 Å². The lowest BCUT2D eigenvalue weighted by atomic mass is 9.74. The Morgan fingerprint density at radius 2 is 1.77 bits per heavy atom. The number of ketones is 1. The zero-order valence-electron chi connectivity index (χ0n) is 34.2. The second-order valence-corrected chi connectivity index (χ2v) is 17.8. The van der Waals surface area contributed by atoms with Gasteiger partial charge in [0.1, 0.15) is 18.1 Å². The first-order valence-corrected chi connectivity index (χ1v) is 19.9. The molecule has 0 saturated carbocycles. The quantitative estimate of drug-likeness (QED) is 0.235. The van der Waals surface area contributed by atoms with Gasteiger partial charge in [-0.25, -0.2) is 0 Å². The number of hydrogen-bond donors (Lipinski definition) is 1. The van der Waals surface area contributed by atoms with Crippen LogP contribution in [0.3, 0.4) is 0 Å². The summed E-state index contributed by atoms with van der Waals surface area (Å²) in [4.78, 5) is 35.5. The summed E-state index contributed by atoms with van der Waals surface area (Å²) in [5.74, 6) is -1.05. The number of carbonyl (C=O) groups is 2. The lowest BCUT2D eigenvalue weighted by molar-refractivity contribution is -0.297. The third-order valence-corrected chi connectivity index (χ3v) is 11.7. The van der Waals surface area contributed by atoms with Crippen LogP contribution in [0.25, 0.3) is 0 Å². The highest BCUT2D eigenvalue weighted by molar-refractivity contribution is 6.04. The number of Topliss-reactive ketones (excluding diaryl/α,β-unsaturated/α-hetero) is 1. The Balaban J connectivity index is 1.60. The Bertz CT molecular complexity index is 1300. The van der Waals surface area contributed by atoms with E-state index in [0.29, 0.717) is 25.3 Å². The van der Waals surface area contributed by atoms with Crippen molar-refractivity contribution in [3.63, 3.8) is 0 Å². The number of cyclic esters (lactones) is 1. The summed E-state index contributed by atoms with van der Waals surface area (Å²) in [5.41, 5.74) is 0.520. The second kappa shape index (κ2) is 18.6. The standard InChI is InChI=1S/C42H71N3O7/c1-28(2)23-45-24-29(3)22-42(8,49-11)38(52-39-36(46)34(25-43(9)10)21-30(4)51-39)31(5)37(47)41(6,7)40(48)50-27-35(45)17-14-19-44-20-18-32-15-12-13-16-33(32)26-44/h12-13,15-16,28-31,34-36,38-39,46H,14,17-27H2,1-11H3/t29-,30-,31+,34-,35+,36-,38-,39+,42-/m1/s1. The molecule has 0 aromatic heterocycles. The predicted octanol–water partition coefficient (Wildman–Crippen LogP) is 5.43. The molecule has 0 spiro atoms. The van der Waals surface area contributed by atoms with Gasteiger partial charge in [-0.1, -0.05) is 52.0 Å². The Labute approximate surface area is 314 Å². The average molecular weight is 730 g/mol. The molecule has 10 heteroatoms. The number of aliphatic hydroxyl groups excluding tert-OH is 1. The molecule has 2 fully saturated rings. The van der Waals surface area contributed by atoms with Gasteiger partial charge in [0, 0.05) is 57.7 Å². The molecule has 296 valence electrons. The molecule has 0 amide bonds. The molecular formula is C42H71N3O7. The predicted molar refractivity (Wildman–Crippen MR) is 205 cm³/mol. The van der Waals surface area contributed by atoms with Gasteiger partial charge in [0.25, 0.3) is 0 Å². The largest absolute Gasteiger partial charge is 0.463 e. The smallest absolute Gasteiger partial charge is 0.319 e. The van der Waals surface area contributed by atoms with Gasteiger partial charge >= 0.3 is 5.97 Å². The summed E-state index contributed by atoms with van der Waals surface area (Å²) in [7, 11) is 5.65. The third kappa shape index (κ3) is 10.9. The molecule has 3 heterocycles. The van der Waals surface area contributed by atoms with E-state index in [-0.39, 0.29) is 36.4 Å². The SMILES string of the molecule is CO[C@]1(C)C[C@@H](C)CN(CC(C)C)[C@@H](CCCN2CCc3ccccc3C2)COC(=O)C(C)(C)C(=O)[C@H](C)[C@H]1O[C@@H]1O[C@H](C)C[C@H](CN(C)C)[C@H]1O. The molecule has 10 nitrogen and oxygen atoms in total. The van der Waals surface area contributed by atoms with Crippen LogP contribution in [0.1, 0.15) is 92.2 Å². The molecular weight excluding hydrogens is 658 g/mol. The number of carbonyl (C=O) groups excluding carboxylic acids is 2. The van der Waals surface area contributed by atoms with Gasteiger partial charge in [-0.05, 0) is 103 Å². The summed E-state index contributed by atoms with van der Waals surface area (Å²) in [6, 6.07) is 8.74. The van der Waals surface area contributed by atoms with Crippen molar-refractivity contribution in [1.82, 2.24) is 14.7 Å². The van der Waals surface area contributed by atoms with Crippen LogP contribution in [0.15, 0.2) is 24.3 Å². The van der Waals surface area contributed by atoms with Crippen LogP contribution in [0, 0.1) is 29.1 Å². The van der Waals surface area contributed by atoms with E-state index < -0.39 is 41.4 Å². The van der Waals surface area contributed by atoms with E-state index in [2.05, 4.69) is 59.7 Å². The van der Waals surface area contributed by atoms with E-state index in [9.17, 15) is 14.7 Å². The van der Waals surface area contributed by atoms with Gasteiger partial charge in [-0.3, -0.25) is 19.4 Å². The van der Waals surface area contributed by atoms with Crippen molar-refractivity contribution in [2.75, 3.05) is 60.5 Å². The fourth-order valence-corrected chi connectivity index (χ4v) is 8.99. The Hall–Kier alpha value is -1.92. The molecule has 9 atom stereocenters. The van der Waals surface area contributed by atoms with Crippen LogP contribution < -0.4 is 0 Å². The van der Waals surface area contributed by atoms with Gasteiger partial charge in [0.2, 0.25) is 0 Å². The van der Waals surface area contributed by atoms with Crippen LogP contribution in [-0.2, 0) is 41.5 Å². The van der Waals surface area contributed by atoms with E-state index in [0.717, 1.165) is 52.0 Å². The van der Waals surface area contributed by atoms with Gasteiger partial charge in [0.15, 0.2) is 12.1 Å². The summed E-state index contributed by atoms with van der Waals surface area (Å²) >= 11 is 0. The van der Waals surface area contributed by atoms with Gasteiger partial charge in [-0.2, -0.15) is 0 Å². The number of fused-ring (bicyclic) bond motifs is 1. The number of aliphatic hydroxyl groups is 1. The number of methoxy groups -OCH3 is 1. The fourth-order valence-electron chi connectivity index (χ4n) is 8.99. The molecule has 3 aliphatic rings. The molecule has 0 radical (unpaired) electrons. The number of ether oxygens (including phenoxy) is 4. The summed E-state index contributed by atoms with van der Waals surface area (Å²) in [5, 5.41) is 11.5. The Morgan fingerprint density at radius 1 is 1.08 bits per heavy atom. The van der Waals surface area contributed by atoms with Crippen molar-refractivity contribution in [3.05, 3.63) is 35.4 Å². The van der Waals surface area contributed by atoms with Crippen molar-refractivity contribution in [2.45, 2.75) is 130 Å². The molecule has 52 heavy (non-hydrogen) atoms. The minimum absolute atomic E-state index is 0.0108. The summed E-state index contributed by atoms with van der Waals surface area (Å²) in [6.07, 6.45) is 1.48. The van der Waals surface area contributed by atoms with Crippen LogP contribution in [0.2, 0.25) is 0 Å². The number of hydrogen-bond acceptors (Lipinski definition) is 10. The zero-order valence-corrected chi connectivity index (χ0v) is 34.2. The van der Waals surface area contributed by atoms with Gasteiger partial charge in [-0.15, -0.1) is 0 Å². The Kier molecular flexibility index (Phi) is 15.3. The van der Waals surface area contributed by atoms with Crippen LogP contribution in [0.5, 0.6) is 0 Å². The second-order valence-electron chi connectivity index (χ2n) is 17.8. The van der Waals surface area contributed by atoms with E-state index in [1.165, 1.54) is 11.1 Å². The average Bonchev–Trinajstić information content (AvgIpc) is 3.08. The molecule has 4 rings (SSSR count). The maximum atomic E-state index is 14.4. The van der Waals surface area contributed by atoms with Crippen LogP contribution >= 0.6 is 0 Å². The Morgan fingerprint density at radius 3 is 2.42 bits per heavy atom. The maximum absolute atomic E-state index is 14.4. The molecule has 0 bridgehead atoms. The number of esters is 1. The molecule has 2 saturated heterocycles. The van der Waals surface area contributed by atoms with Crippen LogP contribution in [-0.4, -0.2) is 128 Å². The van der Waals surface area contributed by atoms with Gasteiger partial charge < -0.3 is 29.0 Å². The molecule has 1 N–H and O–H groups in total. The molecule has 0 unspecified atom stereocenters. The topological polar surface area (TPSA) is 101 Å². The lowest BCUT2D eigenvalue weighted by Gasteiger charge is -2.46. The fraction of sp³-hybridized carbons (Fsp3) is 0.810. The van der Waals surface area contributed by atoms with E-state index in [1.807, 2.05) is 34.9 Å². The molecule has 0 aliphatic carbocycles. The van der Waals surface area contributed by atoms with Crippen molar-refractivity contribution >= 4 is 11.8 Å². The number of benzene rings is 1. The first-order valence-electron chi connectivity index (χ1n) is 19.9. The third-order valence-electron chi connectivity index (χ3n) is 11.7. The highest BCUT2D eigenvalue weighted by atomic mass is 16.7.